The van der Waals surface area contributed by atoms with E-state index in [2.05, 4.69) is 10.1 Å². The van der Waals surface area contributed by atoms with E-state index in [1.807, 2.05) is 24.3 Å². The number of furan rings is 1. The van der Waals surface area contributed by atoms with Crippen molar-refractivity contribution < 1.29 is 9.52 Å². The molecule has 0 aliphatic rings. The third-order valence-electron chi connectivity index (χ3n) is 3.32. The predicted octanol–water partition coefficient (Wildman–Crippen LogP) is 3.36. The standard InChI is InChI=1S/C16H11N3O2/c20-13-3-1-2-11(8-13)15-9-17-16-5-4-14(18-19(15)16)12-6-7-21-10-12/h1-10,20H. The maximum absolute atomic E-state index is 9.63. The molecule has 0 fully saturated rings. The Bertz CT molecular complexity index is 910. The van der Waals surface area contributed by atoms with E-state index in [1.54, 1.807) is 41.4 Å². The summed E-state index contributed by atoms with van der Waals surface area (Å²) in [5.41, 5.74) is 4.15. The summed E-state index contributed by atoms with van der Waals surface area (Å²) in [6, 6.07) is 12.7. The maximum atomic E-state index is 9.63. The second-order valence-electron chi connectivity index (χ2n) is 4.69. The summed E-state index contributed by atoms with van der Waals surface area (Å²) in [6.07, 6.45) is 5.01. The Morgan fingerprint density at radius 3 is 2.81 bits per heavy atom. The van der Waals surface area contributed by atoms with Crippen LogP contribution in [0, 0.1) is 0 Å². The number of hydrogen-bond donors (Lipinski definition) is 1. The van der Waals surface area contributed by atoms with Crippen molar-refractivity contribution in [2.24, 2.45) is 0 Å². The monoisotopic (exact) mass is 277 g/mol. The maximum Gasteiger partial charge on any atom is 0.154 e. The molecule has 102 valence electrons. The quantitative estimate of drug-likeness (QED) is 0.610. The van der Waals surface area contributed by atoms with Gasteiger partial charge in [0.05, 0.1) is 30.1 Å². The zero-order valence-electron chi connectivity index (χ0n) is 11.0. The molecule has 1 aromatic carbocycles. The van der Waals surface area contributed by atoms with Crippen molar-refractivity contribution in [1.82, 2.24) is 14.6 Å². The number of phenolic OH excluding ortho intramolecular Hbond substituents is 1. The van der Waals surface area contributed by atoms with Crippen molar-refractivity contribution in [2.75, 3.05) is 0 Å². The molecule has 4 aromatic rings. The summed E-state index contributed by atoms with van der Waals surface area (Å²) >= 11 is 0. The minimum Gasteiger partial charge on any atom is -0.508 e. The Morgan fingerprint density at radius 2 is 2.00 bits per heavy atom. The second kappa shape index (κ2) is 4.49. The lowest BCUT2D eigenvalue weighted by molar-refractivity contribution is 0.475. The molecule has 0 unspecified atom stereocenters. The van der Waals surface area contributed by atoms with Gasteiger partial charge in [-0.25, -0.2) is 9.50 Å². The number of rotatable bonds is 2. The van der Waals surface area contributed by atoms with Crippen LogP contribution in [0.1, 0.15) is 0 Å². The fourth-order valence-corrected chi connectivity index (χ4v) is 2.30. The number of hydrogen-bond acceptors (Lipinski definition) is 4. The summed E-state index contributed by atoms with van der Waals surface area (Å²) in [5, 5.41) is 14.2. The third-order valence-corrected chi connectivity index (χ3v) is 3.32. The summed E-state index contributed by atoms with van der Waals surface area (Å²) in [6.45, 7) is 0. The van der Waals surface area contributed by atoms with Crippen molar-refractivity contribution in [1.29, 1.82) is 0 Å². The highest BCUT2D eigenvalue weighted by atomic mass is 16.3. The Kier molecular flexibility index (Phi) is 2.50. The summed E-state index contributed by atoms with van der Waals surface area (Å²) in [5.74, 6) is 0.216. The van der Waals surface area contributed by atoms with Crippen LogP contribution in [-0.2, 0) is 0 Å². The molecule has 5 heteroatoms. The van der Waals surface area contributed by atoms with Crippen molar-refractivity contribution in [3.8, 4) is 28.3 Å². The first-order valence-electron chi connectivity index (χ1n) is 6.48. The molecule has 3 heterocycles. The van der Waals surface area contributed by atoms with Gasteiger partial charge in [-0.3, -0.25) is 0 Å². The normalized spacial score (nSPS) is 11.0. The van der Waals surface area contributed by atoms with Crippen LogP contribution in [-0.4, -0.2) is 19.7 Å². The minimum atomic E-state index is 0.216. The minimum absolute atomic E-state index is 0.216. The Morgan fingerprint density at radius 1 is 1.05 bits per heavy atom. The van der Waals surface area contributed by atoms with E-state index in [4.69, 9.17) is 4.42 Å². The number of fused-ring (bicyclic) bond motifs is 1. The first-order valence-corrected chi connectivity index (χ1v) is 6.48. The highest BCUT2D eigenvalue weighted by Gasteiger charge is 2.09. The molecular weight excluding hydrogens is 266 g/mol. The fourth-order valence-electron chi connectivity index (χ4n) is 2.30. The highest BCUT2D eigenvalue weighted by molar-refractivity contribution is 5.66. The van der Waals surface area contributed by atoms with Gasteiger partial charge in [0.2, 0.25) is 0 Å². The van der Waals surface area contributed by atoms with Crippen molar-refractivity contribution in [3.63, 3.8) is 0 Å². The highest BCUT2D eigenvalue weighted by Crippen LogP contribution is 2.25. The van der Waals surface area contributed by atoms with E-state index in [1.165, 1.54) is 0 Å². The zero-order chi connectivity index (χ0) is 14.2. The summed E-state index contributed by atoms with van der Waals surface area (Å²) in [7, 11) is 0. The zero-order valence-corrected chi connectivity index (χ0v) is 11.0. The number of aromatic nitrogens is 3. The Labute approximate surface area is 120 Å². The van der Waals surface area contributed by atoms with Crippen molar-refractivity contribution in [2.45, 2.75) is 0 Å². The Hall–Kier alpha value is -3.08. The molecule has 0 amide bonds. The lowest BCUT2D eigenvalue weighted by Crippen LogP contribution is -1.96. The fraction of sp³-hybridized carbons (Fsp3) is 0. The third kappa shape index (κ3) is 1.95. The number of aromatic hydroxyl groups is 1. The van der Waals surface area contributed by atoms with Crippen LogP contribution < -0.4 is 0 Å². The number of nitrogens with zero attached hydrogens (tertiary/aromatic N) is 3. The molecule has 21 heavy (non-hydrogen) atoms. The van der Waals surface area contributed by atoms with Gasteiger partial charge in [0, 0.05) is 11.1 Å². The van der Waals surface area contributed by atoms with Crippen LogP contribution >= 0.6 is 0 Å². The van der Waals surface area contributed by atoms with Gasteiger partial charge in [-0.1, -0.05) is 12.1 Å². The molecule has 0 saturated heterocycles. The second-order valence-corrected chi connectivity index (χ2v) is 4.69. The summed E-state index contributed by atoms with van der Waals surface area (Å²) < 4.78 is 6.86. The van der Waals surface area contributed by atoms with E-state index in [0.29, 0.717) is 0 Å². The Balaban J connectivity index is 1.92. The van der Waals surface area contributed by atoms with E-state index < -0.39 is 0 Å². The van der Waals surface area contributed by atoms with Gasteiger partial charge < -0.3 is 9.52 Å². The molecule has 0 aliphatic carbocycles. The molecule has 0 radical (unpaired) electrons. The number of benzene rings is 1. The van der Waals surface area contributed by atoms with Crippen LogP contribution in [0.4, 0.5) is 0 Å². The molecule has 0 bridgehead atoms. The van der Waals surface area contributed by atoms with Crippen LogP contribution in [0.5, 0.6) is 5.75 Å². The van der Waals surface area contributed by atoms with Crippen molar-refractivity contribution >= 4 is 5.65 Å². The van der Waals surface area contributed by atoms with Gasteiger partial charge in [-0.15, -0.1) is 0 Å². The molecule has 3 aromatic heterocycles. The van der Waals surface area contributed by atoms with E-state index in [0.717, 1.165) is 28.2 Å². The lowest BCUT2D eigenvalue weighted by atomic mass is 10.1. The van der Waals surface area contributed by atoms with E-state index in [-0.39, 0.29) is 5.75 Å². The molecule has 0 spiro atoms. The number of imidazole rings is 1. The van der Waals surface area contributed by atoms with Gasteiger partial charge in [0.1, 0.15) is 5.75 Å². The predicted molar refractivity (Wildman–Crippen MR) is 77.8 cm³/mol. The lowest BCUT2D eigenvalue weighted by Gasteiger charge is -2.03. The van der Waals surface area contributed by atoms with E-state index >= 15 is 0 Å². The van der Waals surface area contributed by atoms with E-state index in [9.17, 15) is 5.11 Å². The average molecular weight is 277 g/mol. The molecule has 0 atom stereocenters. The largest absolute Gasteiger partial charge is 0.508 e. The van der Waals surface area contributed by atoms with Gasteiger partial charge in [-0.2, -0.15) is 5.10 Å². The molecule has 5 nitrogen and oxygen atoms in total. The van der Waals surface area contributed by atoms with Crippen LogP contribution in [0.25, 0.3) is 28.2 Å². The van der Waals surface area contributed by atoms with Crippen LogP contribution in [0.2, 0.25) is 0 Å². The van der Waals surface area contributed by atoms with Crippen LogP contribution in [0.3, 0.4) is 0 Å². The molecule has 4 rings (SSSR count). The topological polar surface area (TPSA) is 63.6 Å². The molecular formula is C16H11N3O2. The van der Waals surface area contributed by atoms with Crippen molar-refractivity contribution in [3.05, 3.63) is 61.2 Å². The molecule has 1 N–H and O–H groups in total. The summed E-state index contributed by atoms with van der Waals surface area (Å²) in [4.78, 5) is 4.34. The molecule has 0 aliphatic heterocycles. The van der Waals surface area contributed by atoms with Gasteiger partial charge in [0.15, 0.2) is 5.65 Å². The smallest absolute Gasteiger partial charge is 0.154 e. The first-order chi connectivity index (χ1) is 10.3. The number of phenols is 1. The van der Waals surface area contributed by atoms with Gasteiger partial charge >= 0.3 is 0 Å². The van der Waals surface area contributed by atoms with Gasteiger partial charge in [0.25, 0.3) is 0 Å². The SMILES string of the molecule is Oc1cccc(-c2cnc3ccc(-c4ccoc4)nn23)c1. The van der Waals surface area contributed by atoms with Gasteiger partial charge in [-0.05, 0) is 30.3 Å². The average Bonchev–Trinajstić information content (AvgIpc) is 3.16. The molecule has 0 saturated carbocycles. The van der Waals surface area contributed by atoms with Crippen LogP contribution in [0.15, 0.2) is 65.6 Å². The first kappa shape index (κ1) is 11.7.